The zero-order valence-corrected chi connectivity index (χ0v) is 11.6. The van der Waals surface area contributed by atoms with Crippen molar-refractivity contribution in [1.29, 1.82) is 0 Å². The number of carbonyl (C=O) groups is 1. The second-order valence-electron chi connectivity index (χ2n) is 5.23. The number of amides is 2. The maximum atomic E-state index is 11.8. The Morgan fingerprint density at radius 3 is 2.80 bits per heavy atom. The maximum absolute atomic E-state index is 11.8. The number of anilines is 1. The number of rotatable bonds is 3. The lowest BCUT2D eigenvalue weighted by atomic mass is 10.1. The molecule has 0 unspecified atom stereocenters. The van der Waals surface area contributed by atoms with Gasteiger partial charge in [0.25, 0.3) is 0 Å². The second kappa shape index (κ2) is 5.01. The summed E-state index contributed by atoms with van der Waals surface area (Å²) < 4.78 is 6.42. The van der Waals surface area contributed by atoms with Crippen molar-refractivity contribution in [3.63, 3.8) is 0 Å². The van der Waals surface area contributed by atoms with Gasteiger partial charge in [0.1, 0.15) is 0 Å². The van der Waals surface area contributed by atoms with Gasteiger partial charge in [-0.3, -0.25) is 4.57 Å². The molecule has 0 fully saturated rings. The van der Waals surface area contributed by atoms with Gasteiger partial charge in [0, 0.05) is 18.8 Å². The highest BCUT2D eigenvalue weighted by Crippen LogP contribution is 2.17. The van der Waals surface area contributed by atoms with E-state index in [0.29, 0.717) is 16.8 Å². The summed E-state index contributed by atoms with van der Waals surface area (Å²) in [6.45, 7) is 3.23. The molecule has 1 aromatic carbocycles. The molecule has 20 heavy (non-hydrogen) atoms. The number of benzene rings is 1. The number of carbonyl (C=O) groups excluding carboxylic acids is 1. The van der Waals surface area contributed by atoms with Gasteiger partial charge in [0.2, 0.25) is 0 Å². The average Bonchev–Trinajstić information content (AvgIpc) is 2.64. The molecule has 0 radical (unpaired) electrons. The van der Waals surface area contributed by atoms with Crippen molar-refractivity contribution in [1.82, 2.24) is 9.88 Å². The first-order valence-corrected chi connectivity index (χ1v) is 6.12. The minimum absolute atomic E-state index is 0.174. The summed E-state index contributed by atoms with van der Waals surface area (Å²) in [4.78, 5) is 23.1. The molecule has 2 aromatic rings. The smallest absolute Gasteiger partial charge is 0.408 e. The molecule has 0 atom stereocenters. The van der Waals surface area contributed by atoms with Crippen molar-refractivity contribution in [3.05, 3.63) is 28.7 Å². The molecule has 0 aliphatic heterocycles. The van der Waals surface area contributed by atoms with Crippen LogP contribution in [0.4, 0.5) is 10.5 Å². The average molecular weight is 279 g/mol. The van der Waals surface area contributed by atoms with Crippen LogP contribution in [0.1, 0.15) is 13.8 Å². The number of nitrogens with zero attached hydrogens (tertiary/aromatic N) is 1. The molecule has 1 heterocycles. The summed E-state index contributed by atoms with van der Waals surface area (Å²) in [6.07, 6.45) is 0. The Balaban J connectivity index is 2.18. The molecule has 0 saturated carbocycles. The van der Waals surface area contributed by atoms with Gasteiger partial charge in [-0.1, -0.05) is 0 Å². The molecule has 2 rings (SSSR count). The number of aliphatic hydroxyl groups is 1. The van der Waals surface area contributed by atoms with Crippen LogP contribution in [0.3, 0.4) is 0 Å². The zero-order valence-electron chi connectivity index (χ0n) is 11.6. The normalized spacial score (nSPS) is 11.6. The van der Waals surface area contributed by atoms with Gasteiger partial charge in [-0.05, 0) is 26.0 Å². The van der Waals surface area contributed by atoms with E-state index in [1.54, 1.807) is 39.1 Å². The van der Waals surface area contributed by atoms with E-state index in [1.165, 1.54) is 4.57 Å². The third-order valence-electron chi connectivity index (χ3n) is 2.90. The minimum Gasteiger partial charge on any atom is -0.408 e. The van der Waals surface area contributed by atoms with Gasteiger partial charge >= 0.3 is 11.8 Å². The summed E-state index contributed by atoms with van der Waals surface area (Å²) in [6, 6.07) is 4.49. The van der Waals surface area contributed by atoms with E-state index in [1.807, 2.05) is 0 Å². The quantitative estimate of drug-likeness (QED) is 0.781. The van der Waals surface area contributed by atoms with E-state index in [-0.39, 0.29) is 6.61 Å². The first kappa shape index (κ1) is 14.1. The summed E-state index contributed by atoms with van der Waals surface area (Å²) in [5, 5.41) is 14.3. The highest BCUT2D eigenvalue weighted by molar-refractivity contribution is 5.91. The van der Waals surface area contributed by atoms with Crippen LogP contribution in [0.5, 0.6) is 0 Å². The number of aromatic nitrogens is 1. The van der Waals surface area contributed by atoms with Crippen LogP contribution in [0.25, 0.3) is 11.1 Å². The van der Waals surface area contributed by atoms with E-state index < -0.39 is 17.3 Å². The number of aliphatic hydroxyl groups excluding tert-OH is 1. The van der Waals surface area contributed by atoms with Crippen molar-refractivity contribution >= 4 is 22.8 Å². The van der Waals surface area contributed by atoms with Crippen molar-refractivity contribution in [2.45, 2.75) is 19.4 Å². The Kier molecular flexibility index (Phi) is 3.54. The molecular weight excluding hydrogens is 262 g/mol. The molecule has 0 bridgehead atoms. The van der Waals surface area contributed by atoms with Crippen LogP contribution < -0.4 is 16.4 Å². The number of hydrogen-bond donors (Lipinski definition) is 3. The molecule has 0 aliphatic carbocycles. The van der Waals surface area contributed by atoms with Crippen molar-refractivity contribution < 1.29 is 14.3 Å². The van der Waals surface area contributed by atoms with Crippen molar-refractivity contribution in [2.75, 3.05) is 11.9 Å². The number of urea groups is 1. The lowest BCUT2D eigenvalue weighted by Crippen LogP contribution is -2.48. The molecule has 2 amide bonds. The van der Waals surface area contributed by atoms with Gasteiger partial charge in [-0.15, -0.1) is 0 Å². The summed E-state index contributed by atoms with van der Waals surface area (Å²) in [5.41, 5.74) is 0.833. The van der Waals surface area contributed by atoms with Crippen LogP contribution in [-0.2, 0) is 7.05 Å². The van der Waals surface area contributed by atoms with E-state index in [9.17, 15) is 9.59 Å². The van der Waals surface area contributed by atoms with Gasteiger partial charge < -0.3 is 20.2 Å². The summed E-state index contributed by atoms with van der Waals surface area (Å²) >= 11 is 0. The number of oxazole rings is 1. The Labute approximate surface area is 115 Å². The minimum atomic E-state index is -0.715. The molecule has 0 spiro atoms. The number of aryl methyl sites for hydroxylation is 1. The Hall–Kier alpha value is -2.28. The Morgan fingerprint density at radius 1 is 1.45 bits per heavy atom. The molecule has 7 nitrogen and oxygen atoms in total. The van der Waals surface area contributed by atoms with Crippen molar-refractivity contribution in [2.24, 2.45) is 7.05 Å². The van der Waals surface area contributed by atoms with Crippen LogP contribution in [0, 0.1) is 0 Å². The molecule has 0 saturated heterocycles. The fourth-order valence-corrected chi connectivity index (χ4v) is 1.72. The van der Waals surface area contributed by atoms with E-state index in [0.717, 1.165) is 0 Å². The molecule has 0 aliphatic rings. The topological polar surface area (TPSA) is 96.5 Å². The van der Waals surface area contributed by atoms with Gasteiger partial charge in [0.05, 0.1) is 17.7 Å². The molecule has 7 heteroatoms. The summed E-state index contributed by atoms with van der Waals surface area (Å²) in [5.74, 6) is -0.456. The third-order valence-corrected chi connectivity index (χ3v) is 2.90. The van der Waals surface area contributed by atoms with Crippen LogP contribution in [-0.4, -0.2) is 27.9 Å². The SMILES string of the molecule is Cn1c(=O)oc2cc(NC(=O)NC(C)(C)CO)ccc21. The molecule has 1 aromatic heterocycles. The van der Waals surface area contributed by atoms with Crippen LogP contribution in [0.2, 0.25) is 0 Å². The Bertz CT molecular complexity index is 699. The van der Waals surface area contributed by atoms with Gasteiger partial charge in [-0.25, -0.2) is 9.59 Å². The van der Waals surface area contributed by atoms with Crippen molar-refractivity contribution in [3.8, 4) is 0 Å². The van der Waals surface area contributed by atoms with Gasteiger partial charge in [-0.2, -0.15) is 0 Å². The summed E-state index contributed by atoms with van der Waals surface area (Å²) in [7, 11) is 1.61. The highest BCUT2D eigenvalue weighted by Gasteiger charge is 2.19. The number of hydrogen-bond acceptors (Lipinski definition) is 4. The lowest BCUT2D eigenvalue weighted by molar-refractivity contribution is 0.187. The number of nitrogens with one attached hydrogen (secondary N) is 2. The van der Waals surface area contributed by atoms with E-state index in [4.69, 9.17) is 9.52 Å². The van der Waals surface area contributed by atoms with Crippen LogP contribution in [0.15, 0.2) is 27.4 Å². The van der Waals surface area contributed by atoms with E-state index in [2.05, 4.69) is 10.6 Å². The maximum Gasteiger partial charge on any atom is 0.419 e. The zero-order chi connectivity index (χ0) is 14.9. The predicted octanol–water partition coefficient (Wildman–Crippen LogP) is 1.02. The third kappa shape index (κ3) is 2.83. The second-order valence-corrected chi connectivity index (χ2v) is 5.23. The molecule has 3 N–H and O–H groups in total. The molecule has 108 valence electrons. The largest absolute Gasteiger partial charge is 0.419 e. The standard InChI is InChI=1S/C13H17N3O4/c1-13(2,7-17)15-11(18)14-8-4-5-9-10(6-8)20-12(19)16(9)3/h4-6,17H,7H2,1-3H3,(H2,14,15,18). The fourth-order valence-electron chi connectivity index (χ4n) is 1.72. The lowest BCUT2D eigenvalue weighted by Gasteiger charge is -2.23. The fraction of sp³-hybridized carbons (Fsp3) is 0.385. The first-order valence-electron chi connectivity index (χ1n) is 6.12. The number of fused-ring (bicyclic) bond motifs is 1. The highest BCUT2D eigenvalue weighted by atomic mass is 16.4. The van der Waals surface area contributed by atoms with Crippen LogP contribution >= 0.6 is 0 Å². The Morgan fingerprint density at radius 2 is 2.15 bits per heavy atom. The van der Waals surface area contributed by atoms with E-state index >= 15 is 0 Å². The monoisotopic (exact) mass is 279 g/mol. The predicted molar refractivity (Wildman–Crippen MR) is 74.8 cm³/mol. The molecular formula is C13H17N3O4. The first-order chi connectivity index (χ1) is 9.32. The van der Waals surface area contributed by atoms with Gasteiger partial charge in [0.15, 0.2) is 5.58 Å².